The van der Waals surface area contributed by atoms with E-state index < -0.39 is 5.91 Å². The van der Waals surface area contributed by atoms with Crippen molar-refractivity contribution >= 4 is 40.1 Å². The molecule has 3 heterocycles. The van der Waals surface area contributed by atoms with Gasteiger partial charge in [-0.25, -0.2) is 4.68 Å². The molecule has 1 atom stereocenters. The highest BCUT2D eigenvalue weighted by molar-refractivity contribution is 6.33. The number of nitrogens with zero attached hydrogens (tertiary/aromatic N) is 5. The predicted octanol–water partition coefficient (Wildman–Crippen LogP) is 2.80. The summed E-state index contributed by atoms with van der Waals surface area (Å²) in [6.07, 6.45) is 6.04. The van der Waals surface area contributed by atoms with Crippen molar-refractivity contribution in [1.29, 1.82) is 0 Å². The van der Waals surface area contributed by atoms with Gasteiger partial charge in [0, 0.05) is 32.6 Å². The molecule has 0 radical (unpaired) electrons. The first-order valence-corrected chi connectivity index (χ1v) is 11.9. The van der Waals surface area contributed by atoms with Crippen molar-refractivity contribution in [3.63, 3.8) is 0 Å². The molecule has 1 saturated carbocycles. The molecule has 3 N–H and O–H groups in total. The maximum atomic E-state index is 12.4. The van der Waals surface area contributed by atoms with Crippen LogP contribution in [0.3, 0.4) is 0 Å². The number of carbonyl (C=O) groups is 2. The average molecular weight is 492 g/mol. The molecule has 2 aromatic heterocycles. The van der Waals surface area contributed by atoms with Crippen LogP contribution in [0.15, 0.2) is 24.9 Å². The number of halogens is 1. The second kappa shape index (κ2) is 8.78. The number of benzene rings is 1. The summed E-state index contributed by atoms with van der Waals surface area (Å²) in [5.41, 5.74) is 9.06. The summed E-state index contributed by atoms with van der Waals surface area (Å²) in [5.74, 6) is 6.38. The molecule has 180 valence electrons. The number of rotatable bonds is 5. The monoisotopic (exact) mass is 491 g/mol. The van der Waals surface area contributed by atoms with Gasteiger partial charge >= 0.3 is 0 Å². The van der Waals surface area contributed by atoms with E-state index in [2.05, 4.69) is 33.9 Å². The van der Waals surface area contributed by atoms with Crippen LogP contribution in [0.1, 0.15) is 58.4 Å². The Morgan fingerprint density at radius 1 is 1.31 bits per heavy atom. The molecular formula is C25H26ClN7O2. The number of anilines is 1. The van der Waals surface area contributed by atoms with Crippen LogP contribution in [0.4, 0.5) is 5.82 Å². The number of hydrogen-bond acceptors (Lipinski definition) is 5. The molecule has 1 aliphatic heterocycles. The number of primary amides is 1. The SMILES string of the molecule is C=CC(=O)N1CC[C@H](n2nc(C#Cc3c(Cl)cc(C4CC4)c4c3cnn4C)c(C(N)=O)c2NC)C1. The molecule has 9 nitrogen and oxygen atoms in total. The van der Waals surface area contributed by atoms with E-state index in [-0.39, 0.29) is 23.2 Å². The Morgan fingerprint density at radius 2 is 2.09 bits per heavy atom. The zero-order valence-electron chi connectivity index (χ0n) is 19.6. The van der Waals surface area contributed by atoms with E-state index in [4.69, 9.17) is 17.3 Å². The number of aryl methyl sites for hydroxylation is 1. The van der Waals surface area contributed by atoms with Crippen LogP contribution < -0.4 is 11.1 Å². The largest absolute Gasteiger partial charge is 0.373 e. The van der Waals surface area contributed by atoms with Crippen LogP contribution in [0.5, 0.6) is 0 Å². The fraction of sp³-hybridized carbons (Fsp3) is 0.360. The fourth-order valence-electron chi connectivity index (χ4n) is 4.85. The van der Waals surface area contributed by atoms with Gasteiger partial charge in [-0.15, -0.1) is 0 Å². The third kappa shape index (κ3) is 3.94. The van der Waals surface area contributed by atoms with Crippen LogP contribution in [-0.2, 0) is 11.8 Å². The van der Waals surface area contributed by atoms with Gasteiger partial charge in [0.2, 0.25) is 5.91 Å². The molecule has 0 spiro atoms. The first-order valence-electron chi connectivity index (χ1n) is 11.5. The molecule has 2 fully saturated rings. The Balaban J connectivity index is 1.58. The van der Waals surface area contributed by atoms with Crippen LogP contribution in [0.2, 0.25) is 5.02 Å². The van der Waals surface area contributed by atoms with Gasteiger partial charge in [0.15, 0.2) is 5.69 Å². The number of nitrogens with one attached hydrogen (secondary N) is 1. The van der Waals surface area contributed by atoms with E-state index in [0.717, 1.165) is 23.7 Å². The minimum absolute atomic E-state index is 0.124. The Kier molecular flexibility index (Phi) is 5.77. The molecule has 3 aromatic rings. The average Bonchev–Trinajstić information content (AvgIpc) is 3.26. The second-order valence-corrected chi connectivity index (χ2v) is 9.35. The first-order chi connectivity index (χ1) is 16.8. The molecule has 1 aliphatic carbocycles. The maximum absolute atomic E-state index is 12.4. The maximum Gasteiger partial charge on any atom is 0.255 e. The molecule has 0 bridgehead atoms. The van der Waals surface area contributed by atoms with Crippen molar-refractivity contribution in [2.75, 3.05) is 25.5 Å². The van der Waals surface area contributed by atoms with E-state index in [1.807, 2.05) is 17.8 Å². The van der Waals surface area contributed by atoms with Gasteiger partial charge in [0.25, 0.3) is 5.91 Å². The molecular weight excluding hydrogens is 466 g/mol. The summed E-state index contributed by atoms with van der Waals surface area (Å²) < 4.78 is 3.56. The highest BCUT2D eigenvalue weighted by atomic mass is 35.5. The molecule has 10 heteroatoms. The van der Waals surface area contributed by atoms with Crippen LogP contribution in [0.25, 0.3) is 10.9 Å². The van der Waals surface area contributed by atoms with Gasteiger partial charge < -0.3 is 16.0 Å². The lowest BCUT2D eigenvalue weighted by molar-refractivity contribution is -0.125. The molecule has 1 aromatic carbocycles. The minimum Gasteiger partial charge on any atom is -0.373 e. The number of nitrogens with two attached hydrogens (primary N) is 1. The molecule has 35 heavy (non-hydrogen) atoms. The minimum atomic E-state index is -0.636. The van der Waals surface area contributed by atoms with E-state index in [9.17, 15) is 9.59 Å². The second-order valence-electron chi connectivity index (χ2n) is 8.94. The third-order valence-corrected chi connectivity index (χ3v) is 7.01. The lowest BCUT2D eigenvalue weighted by Gasteiger charge is -2.16. The van der Waals surface area contributed by atoms with Gasteiger partial charge in [0.1, 0.15) is 11.4 Å². The van der Waals surface area contributed by atoms with Crippen molar-refractivity contribution in [2.45, 2.75) is 31.2 Å². The van der Waals surface area contributed by atoms with Crippen molar-refractivity contribution in [3.8, 4) is 11.8 Å². The van der Waals surface area contributed by atoms with E-state index in [1.54, 1.807) is 22.8 Å². The van der Waals surface area contributed by atoms with Gasteiger partial charge in [0.05, 0.1) is 28.3 Å². The standard InChI is InChI=1S/C25H26ClN7O2/c1-4-21(34)32-10-9-15(13-32)33-25(28-2)22(24(27)35)20(30-33)8-7-16-18-12-29-31(3)23(18)17(11-19(16)26)14-5-6-14/h4,11-12,14-15,28H,1,5-6,9-10,13H2,2-3H3,(H2,27,35)/t15-/m0/s1. The zero-order valence-corrected chi connectivity index (χ0v) is 20.4. The number of carbonyl (C=O) groups excluding carboxylic acids is 2. The highest BCUT2D eigenvalue weighted by Gasteiger charge is 2.32. The molecule has 0 unspecified atom stereocenters. The van der Waals surface area contributed by atoms with Gasteiger partial charge in [-0.1, -0.05) is 24.1 Å². The number of hydrogen-bond donors (Lipinski definition) is 2. The summed E-state index contributed by atoms with van der Waals surface area (Å²) in [4.78, 5) is 26.2. The van der Waals surface area contributed by atoms with Crippen molar-refractivity contribution < 1.29 is 9.59 Å². The van der Waals surface area contributed by atoms with Gasteiger partial charge in [-0.05, 0) is 48.8 Å². The van der Waals surface area contributed by atoms with E-state index >= 15 is 0 Å². The van der Waals surface area contributed by atoms with E-state index in [0.29, 0.717) is 41.8 Å². The van der Waals surface area contributed by atoms with Crippen LogP contribution in [-0.4, -0.2) is 56.4 Å². The molecule has 5 rings (SSSR count). The van der Waals surface area contributed by atoms with Gasteiger partial charge in [-0.3, -0.25) is 14.3 Å². The smallest absolute Gasteiger partial charge is 0.255 e. The van der Waals surface area contributed by atoms with Crippen LogP contribution >= 0.6 is 11.6 Å². The molecule has 1 saturated heterocycles. The Labute approximate surface area is 207 Å². The highest BCUT2D eigenvalue weighted by Crippen LogP contribution is 2.45. The summed E-state index contributed by atoms with van der Waals surface area (Å²) >= 11 is 6.67. The number of aromatic nitrogens is 4. The Bertz CT molecular complexity index is 1440. The molecule has 2 aliphatic rings. The summed E-state index contributed by atoms with van der Waals surface area (Å²) in [6, 6.07) is 1.85. The Hall–Kier alpha value is -3.77. The summed E-state index contributed by atoms with van der Waals surface area (Å²) in [6.45, 7) is 4.59. The van der Waals surface area contributed by atoms with Crippen molar-refractivity contribution in [1.82, 2.24) is 24.5 Å². The quantitative estimate of drug-likeness (QED) is 0.421. The number of fused-ring (bicyclic) bond motifs is 1. The number of amides is 2. The van der Waals surface area contributed by atoms with E-state index in [1.165, 1.54) is 11.6 Å². The van der Waals surface area contributed by atoms with Crippen molar-refractivity contribution in [3.05, 3.63) is 52.3 Å². The molecule has 2 amide bonds. The van der Waals surface area contributed by atoms with Gasteiger partial charge in [-0.2, -0.15) is 10.2 Å². The topological polar surface area (TPSA) is 111 Å². The lowest BCUT2D eigenvalue weighted by atomic mass is 10.0. The first kappa shape index (κ1) is 23.0. The fourth-order valence-corrected chi connectivity index (χ4v) is 5.12. The summed E-state index contributed by atoms with van der Waals surface area (Å²) in [7, 11) is 3.61. The number of likely N-dealkylation sites (tertiary alicyclic amines) is 1. The normalized spacial score (nSPS) is 17.3. The summed E-state index contributed by atoms with van der Waals surface area (Å²) in [5, 5.41) is 13.5. The third-order valence-electron chi connectivity index (χ3n) is 6.71. The Morgan fingerprint density at radius 3 is 2.74 bits per heavy atom. The van der Waals surface area contributed by atoms with Crippen molar-refractivity contribution in [2.24, 2.45) is 12.8 Å². The predicted molar refractivity (Wildman–Crippen MR) is 134 cm³/mol. The lowest BCUT2D eigenvalue weighted by Crippen LogP contribution is -2.27. The van der Waals surface area contributed by atoms with Crippen LogP contribution in [0, 0.1) is 11.8 Å². The zero-order chi connectivity index (χ0) is 24.9.